The number of anilines is 1. The van der Waals surface area contributed by atoms with Gasteiger partial charge in [-0.15, -0.1) is 0 Å². The number of hydrogen-bond acceptors (Lipinski definition) is 10. The van der Waals surface area contributed by atoms with E-state index in [0.29, 0.717) is 61.1 Å². The molecule has 3 aromatic heterocycles. The van der Waals surface area contributed by atoms with Crippen molar-refractivity contribution in [3.63, 3.8) is 0 Å². The highest BCUT2D eigenvalue weighted by Gasteiger charge is 2.31. The predicted molar refractivity (Wildman–Crippen MR) is 131 cm³/mol. The van der Waals surface area contributed by atoms with Crippen LogP contribution in [-0.2, 0) is 17.8 Å². The number of carbonyl (C=O) groups is 1. The molecule has 11 heteroatoms. The summed E-state index contributed by atoms with van der Waals surface area (Å²) in [4.78, 5) is 27.0. The molecule has 1 fully saturated rings. The van der Waals surface area contributed by atoms with Crippen LogP contribution in [0.4, 0.5) is 5.82 Å². The van der Waals surface area contributed by atoms with E-state index in [9.17, 15) is 15.2 Å². The van der Waals surface area contributed by atoms with E-state index in [1.165, 1.54) is 0 Å². The third kappa shape index (κ3) is 5.06. The van der Waals surface area contributed by atoms with Gasteiger partial charge in [0.2, 0.25) is 5.88 Å². The summed E-state index contributed by atoms with van der Waals surface area (Å²) in [5.41, 5.74) is 3.51. The number of nitrogens with one attached hydrogen (secondary N) is 2. The summed E-state index contributed by atoms with van der Waals surface area (Å²) in [6, 6.07) is 9.47. The Balaban J connectivity index is 1.17. The molecule has 0 spiro atoms. The summed E-state index contributed by atoms with van der Waals surface area (Å²) in [5, 5.41) is 26.3. The second-order valence-electron chi connectivity index (χ2n) is 8.94. The van der Waals surface area contributed by atoms with Crippen molar-refractivity contribution < 1.29 is 19.4 Å². The number of likely N-dealkylation sites (tertiary alicyclic amines) is 1. The summed E-state index contributed by atoms with van der Waals surface area (Å²) in [6.45, 7) is 3.12. The topological polar surface area (TPSA) is 146 Å². The van der Waals surface area contributed by atoms with Crippen molar-refractivity contribution in [3.05, 3.63) is 47.3 Å². The highest BCUT2D eigenvalue weighted by atomic mass is 16.5. The number of aliphatic hydroxyl groups excluding tert-OH is 1. The van der Waals surface area contributed by atoms with E-state index in [2.05, 4.69) is 36.6 Å². The summed E-state index contributed by atoms with van der Waals surface area (Å²) >= 11 is 0. The number of methoxy groups -OCH3 is 1. The maximum atomic E-state index is 11.5. The standard InChI is InChI=1S/C25H27N7O4/c1-35-23-5-3-19-24(31-23)18(15(8-26)10-28-19)6-7-32-12-16(20(33)13-32)9-27-11-17-2-4-21-25(29-17)30-22(34)14-36-21/h2-5,10,16,20,27,33H,6-7,9,11-14H2,1H3,(H,29,30,34)/t16-,20+/m0/s1. The van der Waals surface area contributed by atoms with Gasteiger partial charge in [-0.2, -0.15) is 5.26 Å². The summed E-state index contributed by atoms with van der Waals surface area (Å²) < 4.78 is 10.6. The van der Waals surface area contributed by atoms with E-state index in [0.717, 1.165) is 23.3 Å². The van der Waals surface area contributed by atoms with Crippen molar-refractivity contribution in [2.24, 2.45) is 5.92 Å². The maximum Gasteiger partial charge on any atom is 0.263 e. The van der Waals surface area contributed by atoms with Crippen molar-refractivity contribution >= 4 is 22.8 Å². The minimum Gasteiger partial charge on any atom is -0.481 e. The van der Waals surface area contributed by atoms with Crippen LogP contribution in [0.2, 0.25) is 0 Å². The molecule has 2 aliphatic rings. The Kier molecular flexibility index (Phi) is 6.90. The Morgan fingerprint density at radius 2 is 2.19 bits per heavy atom. The van der Waals surface area contributed by atoms with Crippen LogP contribution >= 0.6 is 0 Å². The Bertz CT molecular complexity index is 1330. The Morgan fingerprint density at radius 3 is 3.03 bits per heavy atom. The van der Waals surface area contributed by atoms with Gasteiger partial charge in [-0.05, 0) is 24.6 Å². The minimum atomic E-state index is -0.454. The third-order valence-corrected chi connectivity index (χ3v) is 6.53. The van der Waals surface area contributed by atoms with Gasteiger partial charge in [-0.3, -0.25) is 9.78 Å². The third-order valence-electron chi connectivity index (χ3n) is 6.53. The molecular weight excluding hydrogens is 462 g/mol. The molecule has 3 N–H and O–H groups in total. The van der Waals surface area contributed by atoms with Gasteiger partial charge in [0.25, 0.3) is 5.91 Å². The first-order valence-corrected chi connectivity index (χ1v) is 11.8. The van der Waals surface area contributed by atoms with Crippen LogP contribution < -0.4 is 20.1 Å². The highest BCUT2D eigenvalue weighted by molar-refractivity contribution is 5.94. The normalized spacial score (nSPS) is 19.4. The van der Waals surface area contributed by atoms with Crippen molar-refractivity contribution in [3.8, 4) is 17.7 Å². The van der Waals surface area contributed by atoms with Crippen LogP contribution in [0.3, 0.4) is 0 Å². The largest absolute Gasteiger partial charge is 0.481 e. The lowest BCUT2D eigenvalue weighted by molar-refractivity contribution is -0.118. The van der Waals surface area contributed by atoms with E-state index in [-0.39, 0.29) is 18.4 Å². The summed E-state index contributed by atoms with van der Waals surface area (Å²) in [7, 11) is 1.56. The molecule has 11 nitrogen and oxygen atoms in total. The molecule has 2 aliphatic heterocycles. The zero-order valence-corrected chi connectivity index (χ0v) is 19.9. The van der Waals surface area contributed by atoms with E-state index in [1.54, 1.807) is 25.4 Å². The SMILES string of the molecule is COc1ccc2ncc(C#N)c(CCN3C[C@H](CNCc4ccc5c(n4)NC(=O)CO5)[C@H](O)C3)c2n1. The van der Waals surface area contributed by atoms with Crippen molar-refractivity contribution in [1.82, 2.24) is 25.2 Å². The molecule has 36 heavy (non-hydrogen) atoms. The number of ether oxygens (including phenoxy) is 2. The van der Waals surface area contributed by atoms with E-state index in [4.69, 9.17) is 9.47 Å². The number of aliphatic hydroxyl groups is 1. The molecular formula is C25H27N7O4. The van der Waals surface area contributed by atoms with Gasteiger partial charge in [0.1, 0.15) is 6.07 Å². The minimum absolute atomic E-state index is 0.00224. The zero-order valence-electron chi connectivity index (χ0n) is 19.9. The molecule has 2 atom stereocenters. The number of fused-ring (bicyclic) bond motifs is 2. The Hall–Kier alpha value is -3.85. The fourth-order valence-corrected chi connectivity index (χ4v) is 4.65. The van der Waals surface area contributed by atoms with Gasteiger partial charge >= 0.3 is 0 Å². The molecule has 5 rings (SSSR count). The number of aromatic nitrogens is 3. The van der Waals surface area contributed by atoms with Crippen molar-refractivity contribution in [2.75, 3.05) is 45.2 Å². The van der Waals surface area contributed by atoms with E-state index < -0.39 is 6.10 Å². The molecule has 5 heterocycles. The molecule has 186 valence electrons. The fraction of sp³-hybridized carbons (Fsp3) is 0.400. The number of β-amino-alcohol motifs (C(OH)–C–C–N with tert-alkyl or cyclic N) is 1. The first kappa shape index (κ1) is 23.9. The monoisotopic (exact) mass is 489 g/mol. The van der Waals surface area contributed by atoms with Gasteiger partial charge in [-0.1, -0.05) is 0 Å². The number of carbonyl (C=O) groups excluding carboxylic acids is 1. The molecule has 3 aromatic rings. The average molecular weight is 490 g/mol. The first-order valence-electron chi connectivity index (χ1n) is 11.8. The van der Waals surface area contributed by atoms with Gasteiger partial charge in [0, 0.05) is 56.5 Å². The number of nitrogens with zero attached hydrogens (tertiary/aromatic N) is 5. The van der Waals surface area contributed by atoms with Gasteiger partial charge in [0.05, 0.1) is 35.5 Å². The highest BCUT2D eigenvalue weighted by Crippen LogP contribution is 2.26. The van der Waals surface area contributed by atoms with Gasteiger partial charge < -0.3 is 30.1 Å². The van der Waals surface area contributed by atoms with Crippen molar-refractivity contribution in [1.29, 1.82) is 5.26 Å². The molecule has 1 amide bonds. The smallest absolute Gasteiger partial charge is 0.263 e. The fourth-order valence-electron chi connectivity index (χ4n) is 4.65. The molecule has 0 radical (unpaired) electrons. The molecule has 0 unspecified atom stereocenters. The molecule has 0 aromatic carbocycles. The number of nitriles is 1. The van der Waals surface area contributed by atoms with Crippen LogP contribution in [0.5, 0.6) is 11.6 Å². The first-order chi connectivity index (χ1) is 17.5. The van der Waals surface area contributed by atoms with Crippen LogP contribution in [0.15, 0.2) is 30.5 Å². The quantitative estimate of drug-likeness (QED) is 0.416. The van der Waals surface area contributed by atoms with Crippen LogP contribution in [-0.4, -0.2) is 76.9 Å². The number of amides is 1. The van der Waals surface area contributed by atoms with Crippen LogP contribution in [0, 0.1) is 17.2 Å². The number of rotatable bonds is 8. The molecule has 1 saturated heterocycles. The molecule has 0 saturated carbocycles. The average Bonchev–Trinajstić information content (AvgIpc) is 3.25. The van der Waals surface area contributed by atoms with E-state index in [1.807, 2.05) is 12.1 Å². The second kappa shape index (κ2) is 10.4. The van der Waals surface area contributed by atoms with Crippen LogP contribution in [0.1, 0.15) is 16.8 Å². The number of hydrogen-bond donors (Lipinski definition) is 3. The Labute approximate surface area is 208 Å². The lowest BCUT2D eigenvalue weighted by Gasteiger charge is -2.18. The molecule has 0 aliphatic carbocycles. The second-order valence-corrected chi connectivity index (χ2v) is 8.94. The summed E-state index contributed by atoms with van der Waals surface area (Å²) in [5.74, 6) is 1.33. The van der Waals surface area contributed by atoms with Gasteiger partial charge in [-0.25, -0.2) is 9.97 Å². The van der Waals surface area contributed by atoms with Gasteiger partial charge in [0.15, 0.2) is 18.2 Å². The maximum absolute atomic E-state index is 11.5. The van der Waals surface area contributed by atoms with E-state index >= 15 is 0 Å². The lowest BCUT2D eigenvalue weighted by Crippen LogP contribution is -2.31. The number of pyridine rings is 3. The summed E-state index contributed by atoms with van der Waals surface area (Å²) in [6.07, 6.45) is 1.75. The lowest BCUT2D eigenvalue weighted by atomic mass is 10.0. The van der Waals surface area contributed by atoms with Crippen molar-refractivity contribution in [2.45, 2.75) is 19.1 Å². The predicted octanol–water partition coefficient (Wildman–Crippen LogP) is 0.861. The van der Waals surface area contributed by atoms with Crippen LogP contribution in [0.25, 0.3) is 11.0 Å². The zero-order chi connectivity index (χ0) is 25.1. The molecule has 0 bridgehead atoms. The Morgan fingerprint density at radius 1 is 1.31 bits per heavy atom.